The molecule has 6 N–H and O–H groups in total. The van der Waals surface area contributed by atoms with Crippen molar-refractivity contribution in [2.45, 2.75) is 384 Å². The molecule has 1 heterocycles. The number of nitrogens with one attached hydrogen (secondary N) is 1. The summed E-state index contributed by atoms with van der Waals surface area (Å²) in [6.45, 7) is 3.70. The second-order valence-corrected chi connectivity index (χ2v) is 26.4. The van der Waals surface area contributed by atoms with Gasteiger partial charge in [0.25, 0.3) is 0 Å². The fourth-order valence-corrected chi connectivity index (χ4v) is 11.8. The van der Waals surface area contributed by atoms with Crippen LogP contribution < -0.4 is 5.32 Å². The Bertz CT molecular complexity index is 1880. The maximum absolute atomic E-state index is 13.2. The van der Waals surface area contributed by atoms with E-state index in [-0.39, 0.29) is 12.5 Å². The summed E-state index contributed by atoms with van der Waals surface area (Å²) in [5.41, 5.74) is 0. The molecule has 0 bridgehead atoms. The minimum absolute atomic E-state index is 0.178. The average molecular weight is 1290 g/mol. The molecule has 0 saturated carbocycles. The summed E-state index contributed by atoms with van der Waals surface area (Å²) >= 11 is 0. The summed E-state index contributed by atoms with van der Waals surface area (Å²) < 4.78 is 11.3. The maximum atomic E-state index is 13.2. The number of aliphatic hydroxyl groups excluding tert-OH is 5. The standard InChI is InChI=1S/C83H145NO8/c1-3-5-7-9-11-13-15-17-19-21-23-25-27-29-31-33-34-35-36-37-38-39-40-41-42-43-44-45-47-49-51-53-55-57-59-61-63-65-67-69-71-73-79(87)84-76(75-91-83-82(90)81(89)80(88)78(74-85)92-83)77(86)72-70-68-66-64-62-60-58-56-54-52-50-48-46-32-30-28-26-24-22-20-18-16-14-12-10-8-6-4-2/h5,7,11,13,17,19,23,25,29,31,34-35,37-38,40-41,43-44,70,72,76-78,80-83,85-86,88-90H,3-4,6,8-10,12,14-16,18,20-22,24,26-28,30,32-33,36,39,42,45-69,71,73-75H2,1-2H3,(H,84,87)/b7-5-,13-11-,19-17-,25-23-,31-29-,35-34-,38-37-,41-40-,44-43-,72-70+. The molecule has 0 radical (unpaired) electrons. The molecule has 9 heteroatoms. The minimum Gasteiger partial charge on any atom is -0.394 e. The van der Waals surface area contributed by atoms with E-state index in [1.807, 2.05) is 6.08 Å². The maximum Gasteiger partial charge on any atom is 0.220 e. The number of carbonyl (C=O) groups excluding carboxylic acids is 1. The molecule has 1 fully saturated rings. The molecule has 1 rings (SSSR count). The van der Waals surface area contributed by atoms with E-state index in [2.05, 4.69) is 129 Å². The summed E-state index contributed by atoms with van der Waals surface area (Å²) in [5.74, 6) is -0.178. The average Bonchev–Trinajstić information content (AvgIpc) is 1.00. The molecule has 1 saturated heterocycles. The van der Waals surface area contributed by atoms with Crippen LogP contribution in [-0.2, 0) is 14.3 Å². The van der Waals surface area contributed by atoms with E-state index >= 15 is 0 Å². The number of carbonyl (C=O) groups is 1. The number of hydrogen-bond donors (Lipinski definition) is 6. The highest BCUT2D eigenvalue weighted by molar-refractivity contribution is 5.76. The molecule has 1 aliphatic rings. The first kappa shape index (κ1) is 86.6. The van der Waals surface area contributed by atoms with Crippen LogP contribution in [0.2, 0.25) is 0 Å². The normalized spacial score (nSPS) is 18.4. The molecular weight excluding hydrogens is 1140 g/mol. The van der Waals surface area contributed by atoms with Crippen LogP contribution in [0.25, 0.3) is 0 Å². The van der Waals surface area contributed by atoms with Crippen molar-refractivity contribution in [3.8, 4) is 0 Å². The number of rotatable bonds is 67. The molecule has 1 amide bonds. The smallest absolute Gasteiger partial charge is 0.220 e. The Morgan fingerprint density at radius 3 is 1.00 bits per heavy atom. The van der Waals surface area contributed by atoms with E-state index in [9.17, 15) is 30.3 Å². The minimum atomic E-state index is -1.57. The van der Waals surface area contributed by atoms with Crippen LogP contribution >= 0.6 is 0 Å². The topological polar surface area (TPSA) is 149 Å². The predicted molar refractivity (Wildman–Crippen MR) is 396 cm³/mol. The van der Waals surface area contributed by atoms with E-state index in [4.69, 9.17) is 9.47 Å². The molecule has 0 aliphatic carbocycles. The molecule has 0 aromatic rings. The summed E-state index contributed by atoms with van der Waals surface area (Å²) in [4.78, 5) is 13.2. The quantitative estimate of drug-likeness (QED) is 0.0261. The van der Waals surface area contributed by atoms with Crippen molar-refractivity contribution in [3.05, 3.63) is 122 Å². The van der Waals surface area contributed by atoms with Crippen LogP contribution in [0.1, 0.15) is 341 Å². The van der Waals surface area contributed by atoms with Crippen LogP contribution in [0.15, 0.2) is 122 Å². The summed E-state index contributed by atoms with van der Waals surface area (Å²) in [6, 6.07) is -0.814. The second-order valence-electron chi connectivity index (χ2n) is 26.4. The van der Waals surface area contributed by atoms with Crippen LogP contribution in [-0.4, -0.2) is 87.5 Å². The number of allylic oxidation sites excluding steroid dienone is 19. The third kappa shape index (κ3) is 58.0. The third-order valence-electron chi connectivity index (χ3n) is 17.8. The Balaban J connectivity index is 2.11. The van der Waals surface area contributed by atoms with Gasteiger partial charge in [-0.2, -0.15) is 0 Å². The van der Waals surface area contributed by atoms with Crippen LogP contribution in [0, 0.1) is 0 Å². The van der Waals surface area contributed by atoms with Gasteiger partial charge in [0.1, 0.15) is 24.4 Å². The summed E-state index contributed by atoms with van der Waals surface area (Å²) in [7, 11) is 0. The van der Waals surface area contributed by atoms with Crippen LogP contribution in [0.5, 0.6) is 0 Å². The lowest BCUT2D eigenvalue weighted by molar-refractivity contribution is -0.302. The first-order valence-corrected chi connectivity index (χ1v) is 38.8. The fourth-order valence-electron chi connectivity index (χ4n) is 11.8. The largest absolute Gasteiger partial charge is 0.394 e. The number of hydrogen-bond acceptors (Lipinski definition) is 8. The molecule has 92 heavy (non-hydrogen) atoms. The molecule has 530 valence electrons. The van der Waals surface area contributed by atoms with E-state index in [0.717, 1.165) is 96.3 Å². The highest BCUT2D eigenvalue weighted by atomic mass is 16.7. The van der Waals surface area contributed by atoms with Gasteiger partial charge in [0.2, 0.25) is 5.91 Å². The third-order valence-corrected chi connectivity index (χ3v) is 17.8. The molecule has 0 spiro atoms. The van der Waals surface area contributed by atoms with Crippen molar-refractivity contribution in [2.75, 3.05) is 13.2 Å². The zero-order valence-electron chi connectivity index (χ0n) is 59.5. The van der Waals surface area contributed by atoms with Crippen molar-refractivity contribution in [1.82, 2.24) is 5.32 Å². The number of unbranched alkanes of at least 4 members (excludes halogenated alkanes) is 39. The van der Waals surface area contributed by atoms with Gasteiger partial charge < -0.3 is 40.3 Å². The molecule has 7 unspecified atom stereocenters. The van der Waals surface area contributed by atoms with E-state index < -0.39 is 49.5 Å². The Hall–Kier alpha value is -3.41. The lowest BCUT2D eigenvalue weighted by Gasteiger charge is -2.40. The molecule has 9 nitrogen and oxygen atoms in total. The van der Waals surface area contributed by atoms with E-state index in [1.165, 1.54) is 225 Å². The molecule has 1 aliphatic heterocycles. The molecule has 0 aromatic carbocycles. The van der Waals surface area contributed by atoms with Crippen molar-refractivity contribution in [1.29, 1.82) is 0 Å². The Labute approximate surface area is 567 Å². The monoisotopic (exact) mass is 1280 g/mol. The molecule has 0 aromatic heterocycles. The van der Waals surface area contributed by atoms with Gasteiger partial charge in [0.15, 0.2) is 6.29 Å². The number of ether oxygens (including phenoxy) is 2. The lowest BCUT2D eigenvalue weighted by Crippen LogP contribution is -2.60. The zero-order valence-corrected chi connectivity index (χ0v) is 59.5. The Morgan fingerprint density at radius 2 is 0.674 bits per heavy atom. The van der Waals surface area contributed by atoms with Gasteiger partial charge in [-0.3, -0.25) is 4.79 Å². The predicted octanol–water partition coefficient (Wildman–Crippen LogP) is 22.1. The van der Waals surface area contributed by atoms with Gasteiger partial charge in [-0.25, -0.2) is 0 Å². The first-order chi connectivity index (χ1) is 45.3. The summed E-state index contributed by atoms with van der Waals surface area (Å²) in [5, 5.41) is 54.9. The van der Waals surface area contributed by atoms with Crippen LogP contribution in [0.3, 0.4) is 0 Å². The Morgan fingerprint density at radius 1 is 0.380 bits per heavy atom. The second kappa shape index (κ2) is 70.4. The van der Waals surface area contributed by atoms with Crippen molar-refractivity contribution >= 4 is 5.91 Å². The molecule has 7 atom stereocenters. The Kier molecular flexibility index (Phi) is 66.3. The van der Waals surface area contributed by atoms with Crippen molar-refractivity contribution < 1.29 is 39.8 Å². The van der Waals surface area contributed by atoms with Crippen LogP contribution in [0.4, 0.5) is 0 Å². The number of aliphatic hydroxyl groups is 5. The first-order valence-electron chi connectivity index (χ1n) is 38.8. The summed E-state index contributed by atoms with van der Waals surface area (Å²) in [6.07, 6.45) is 98.9. The fraction of sp³-hybridized carbons (Fsp3) is 0.747. The number of amides is 1. The highest BCUT2D eigenvalue weighted by Gasteiger charge is 2.44. The van der Waals surface area contributed by atoms with E-state index in [0.29, 0.717) is 6.42 Å². The van der Waals surface area contributed by atoms with Gasteiger partial charge in [-0.05, 0) is 89.9 Å². The van der Waals surface area contributed by atoms with Crippen molar-refractivity contribution in [3.63, 3.8) is 0 Å². The van der Waals surface area contributed by atoms with Gasteiger partial charge in [-0.1, -0.05) is 367 Å². The zero-order chi connectivity index (χ0) is 66.4. The van der Waals surface area contributed by atoms with E-state index in [1.54, 1.807) is 6.08 Å². The lowest BCUT2D eigenvalue weighted by atomic mass is 9.99. The molecular formula is C83H145NO8. The van der Waals surface area contributed by atoms with Gasteiger partial charge in [0.05, 0.1) is 25.4 Å². The SMILES string of the molecule is CC/C=C\C/C=C\C/C=C\C/C=C\C/C=C\C/C=C\C/C=C\C/C=C\C/C=C\CCCCCCCCCCCCCCCC(=O)NC(COC1OC(CO)C(O)C(O)C1O)C(O)/C=C/CCCCCCCCCCCCCCCCCCCCCCCCCCCC. The van der Waals surface area contributed by atoms with Gasteiger partial charge in [0, 0.05) is 6.42 Å². The van der Waals surface area contributed by atoms with Gasteiger partial charge in [-0.15, -0.1) is 0 Å². The highest BCUT2D eigenvalue weighted by Crippen LogP contribution is 2.23. The van der Waals surface area contributed by atoms with Gasteiger partial charge >= 0.3 is 0 Å². The van der Waals surface area contributed by atoms with Crippen molar-refractivity contribution in [2.24, 2.45) is 0 Å².